The monoisotopic (exact) mass is 435 g/mol. The average Bonchev–Trinajstić information content (AvgIpc) is 2.82. The maximum Gasteiger partial charge on any atom is 0.328 e. The van der Waals surface area contributed by atoms with Crippen molar-refractivity contribution in [2.45, 2.75) is 49.0 Å². The minimum Gasteiger partial charge on any atom is -0.473 e. The van der Waals surface area contributed by atoms with Crippen molar-refractivity contribution in [1.29, 1.82) is 0 Å². The molecule has 15 heteroatoms. The number of aliphatic hydroxyl groups is 2. The molecule has 6 radical (unpaired) electrons. The van der Waals surface area contributed by atoms with Gasteiger partial charge in [0.05, 0.1) is 11.0 Å². The summed E-state index contributed by atoms with van der Waals surface area (Å²) in [5, 5.41) is 17.4. The van der Waals surface area contributed by atoms with Gasteiger partial charge in [-0.15, -0.1) is 0 Å². The van der Waals surface area contributed by atoms with Crippen molar-refractivity contribution in [3.63, 3.8) is 0 Å². The number of H-pyrrole nitrogens is 1. The van der Waals surface area contributed by atoms with Gasteiger partial charge in [0.25, 0.3) is 5.85 Å². The van der Waals surface area contributed by atoms with Crippen LogP contribution in [-0.4, -0.2) is 85.1 Å². The maximum absolute atomic E-state index is 15.6. The summed E-state index contributed by atoms with van der Waals surface area (Å²) < 4.78 is 25.3. The summed E-state index contributed by atoms with van der Waals surface area (Å²) >= 11 is 4.78. The molecule has 10 nitrogen and oxygen atoms in total. The Hall–Kier alpha value is -1.80. The number of nitrogens with one attached hydrogen (secondary N) is 1. The summed E-state index contributed by atoms with van der Waals surface area (Å²) in [5.41, 5.74) is 1.38. The summed E-state index contributed by atoms with van der Waals surface area (Å²) in [6, 6.07) is -1.25. The number of ether oxygens (including phenoxy) is 2. The molecule has 0 unspecified atom stereocenters. The van der Waals surface area contributed by atoms with E-state index in [1.54, 1.807) is 13.8 Å². The number of nitrogens with two attached hydrogens (primary N) is 1. The zero-order valence-electron chi connectivity index (χ0n) is 15.9. The normalized spacial score (nSPS) is 30.2. The lowest BCUT2D eigenvalue weighted by molar-refractivity contribution is -0.250. The van der Waals surface area contributed by atoms with Crippen LogP contribution < -0.4 is 11.4 Å². The first-order chi connectivity index (χ1) is 13.6. The molecule has 0 amide bonds. The van der Waals surface area contributed by atoms with Crippen LogP contribution in [0.2, 0.25) is 0 Å². The minimum atomic E-state index is -3.71. The first-order valence-electron chi connectivity index (χ1n) is 8.54. The lowest BCUT2D eigenvalue weighted by Crippen LogP contribution is -2.62. The summed E-state index contributed by atoms with van der Waals surface area (Å²) in [5.74, 6) is -5.37. The number of hydrogen-bond acceptors (Lipinski definition) is 9. The fraction of sp³-hybridized carbons (Fsp3) is 0.600. The van der Waals surface area contributed by atoms with E-state index in [1.165, 1.54) is 0 Å². The molecule has 0 saturated carbocycles. The van der Waals surface area contributed by atoms with E-state index in [4.69, 9.17) is 46.2 Å². The third-order valence-corrected chi connectivity index (χ3v) is 5.02. The van der Waals surface area contributed by atoms with Crippen LogP contribution >= 0.6 is 12.2 Å². The number of esters is 1. The van der Waals surface area contributed by atoms with Gasteiger partial charge < -0.3 is 25.4 Å². The maximum atomic E-state index is 15.6. The molecule has 1 saturated heterocycles. The molecule has 5 N–H and O–H groups in total. The number of halogens is 1. The summed E-state index contributed by atoms with van der Waals surface area (Å²) in [6.45, 7) is 3.13. The number of aromatic amines is 1. The van der Waals surface area contributed by atoms with Gasteiger partial charge >= 0.3 is 11.7 Å². The summed E-state index contributed by atoms with van der Waals surface area (Å²) in [7, 11) is 16.9. The van der Waals surface area contributed by atoms with Gasteiger partial charge in [0.1, 0.15) is 52.1 Å². The molecule has 0 aliphatic carbocycles. The topological polar surface area (TPSA) is 157 Å². The number of rotatable bonds is 6. The molecule has 2 rings (SSSR count). The highest BCUT2D eigenvalue weighted by molar-refractivity contribution is 7.71. The van der Waals surface area contributed by atoms with Crippen LogP contribution in [-0.2, 0) is 19.9 Å². The van der Waals surface area contributed by atoms with Crippen LogP contribution in [0.25, 0.3) is 0 Å². The second kappa shape index (κ2) is 8.04. The molecule has 30 heavy (non-hydrogen) atoms. The number of aromatic nitrogens is 2. The van der Waals surface area contributed by atoms with Crippen molar-refractivity contribution in [2.24, 2.45) is 11.7 Å². The van der Waals surface area contributed by atoms with Crippen LogP contribution in [0.5, 0.6) is 0 Å². The van der Waals surface area contributed by atoms with E-state index in [9.17, 15) is 24.6 Å². The van der Waals surface area contributed by atoms with Crippen LogP contribution in [0.3, 0.4) is 0 Å². The van der Waals surface area contributed by atoms with E-state index in [1.807, 2.05) is 0 Å². The van der Waals surface area contributed by atoms with E-state index in [0.29, 0.717) is 4.57 Å². The molecule has 1 aliphatic heterocycles. The minimum absolute atomic E-state index is 0.254. The molecule has 0 aromatic carbocycles. The number of aliphatic hydroxyl groups excluding tert-OH is 2. The average molecular weight is 435 g/mol. The van der Waals surface area contributed by atoms with Gasteiger partial charge in [0.15, 0.2) is 6.29 Å². The quantitative estimate of drug-likeness (QED) is 0.163. The number of nitrogens with zero attached hydrogens (tertiary/aromatic N) is 1. The van der Waals surface area contributed by atoms with Gasteiger partial charge in [-0.25, -0.2) is 9.18 Å². The van der Waals surface area contributed by atoms with Gasteiger partial charge in [0, 0.05) is 6.20 Å². The van der Waals surface area contributed by atoms with E-state index >= 15 is 4.39 Å². The Bertz CT molecular complexity index is 974. The molecule has 1 aliphatic rings. The SMILES string of the molecule is [B]C([B])(OC(=O)[C@@H](N)C(C)C)[C@@]1(F)O[C@@]([B])(n2cc(C=O)c(=S)[nH]c2=O)[C@H](O)[C@@H]1O. The molecule has 1 aromatic heterocycles. The molecular weight excluding hydrogens is 418 g/mol. The predicted octanol–water partition coefficient (Wildman–Crippen LogP) is -2.57. The zero-order chi connectivity index (χ0) is 23.2. The lowest BCUT2D eigenvalue weighted by Gasteiger charge is -2.41. The Morgan fingerprint density at radius 2 is 2.07 bits per heavy atom. The predicted molar refractivity (Wildman–Crippen MR) is 105 cm³/mol. The van der Waals surface area contributed by atoms with Crippen molar-refractivity contribution in [2.75, 3.05) is 0 Å². The van der Waals surface area contributed by atoms with Crippen molar-refractivity contribution in [3.05, 3.63) is 26.9 Å². The molecule has 0 bridgehead atoms. The van der Waals surface area contributed by atoms with Crippen LogP contribution in [0, 0.1) is 10.6 Å². The van der Waals surface area contributed by atoms with E-state index < -0.39 is 52.7 Å². The molecule has 2 heterocycles. The van der Waals surface area contributed by atoms with Gasteiger partial charge in [0.2, 0.25) is 0 Å². The van der Waals surface area contributed by atoms with Gasteiger partial charge in [-0.05, 0) is 5.92 Å². The van der Waals surface area contributed by atoms with Crippen molar-refractivity contribution >= 4 is 48.0 Å². The Kier molecular flexibility index (Phi) is 6.56. The zero-order valence-corrected chi connectivity index (χ0v) is 16.8. The molecular formula is C15H17B3FN3O7S. The van der Waals surface area contributed by atoms with E-state index in [0.717, 1.165) is 6.20 Å². The Labute approximate surface area is 179 Å². The highest BCUT2D eigenvalue weighted by Crippen LogP contribution is 2.45. The Morgan fingerprint density at radius 3 is 2.57 bits per heavy atom. The number of hydrogen-bond donors (Lipinski definition) is 4. The molecule has 5 atom stereocenters. The van der Waals surface area contributed by atoms with Crippen molar-refractivity contribution < 1.29 is 33.7 Å². The molecule has 156 valence electrons. The van der Waals surface area contributed by atoms with Crippen molar-refractivity contribution in [1.82, 2.24) is 9.55 Å². The third kappa shape index (κ3) is 3.80. The Balaban J connectivity index is 2.51. The molecule has 1 fully saturated rings. The van der Waals surface area contributed by atoms with Gasteiger partial charge in [-0.3, -0.25) is 19.1 Å². The second-order valence-electron chi connectivity index (χ2n) is 7.20. The molecule has 0 spiro atoms. The number of alkyl halides is 1. The van der Waals surface area contributed by atoms with Crippen LogP contribution in [0.1, 0.15) is 24.2 Å². The van der Waals surface area contributed by atoms with Gasteiger partial charge in [-0.1, -0.05) is 26.1 Å². The second-order valence-corrected chi connectivity index (χ2v) is 7.61. The van der Waals surface area contributed by atoms with E-state index in [-0.39, 0.29) is 16.5 Å². The first kappa shape index (κ1) is 24.5. The molecule has 1 aromatic rings. The van der Waals surface area contributed by atoms with Crippen LogP contribution in [0.15, 0.2) is 11.0 Å². The fourth-order valence-electron chi connectivity index (χ4n) is 2.70. The smallest absolute Gasteiger partial charge is 0.328 e. The third-order valence-electron chi connectivity index (χ3n) is 4.68. The fourth-order valence-corrected chi connectivity index (χ4v) is 2.88. The highest BCUT2D eigenvalue weighted by atomic mass is 32.1. The first-order valence-corrected chi connectivity index (χ1v) is 8.95. The van der Waals surface area contributed by atoms with Crippen molar-refractivity contribution in [3.8, 4) is 0 Å². The Morgan fingerprint density at radius 1 is 1.50 bits per heavy atom. The largest absolute Gasteiger partial charge is 0.473 e. The summed E-state index contributed by atoms with van der Waals surface area (Å²) in [6.07, 6.45) is -3.95. The lowest BCUT2D eigenvalue weighted by atomic mass is 9.59. The highest BCUT2D eigenvalue weighted by Gasteiger charge is 2.68. The number of carbonyl (C=O) groups is 2. The summed E-state index contributed by atoms with van der Waals surface area (Å²) in [4.78, 5) is 37.5. The van der Waals surface area contributed by atoms with E-state index in [2.05, 4.69) is 9.72 Å². The number of carbonyl (C=O) groups excluding carboxylic acids is 2. The van der Waals surface area contributed by atoms with Gasteiger partial charge in [-0.2, -0.15) is 0 Å². The standard InChI is InChI=1S/C15H17B3FN3O7S/c1-5(2)7(20)11(26)28-15(17,18)13(19)8(24)9(25)14(16,29-13)22-3-6(4-23)10(30)21-12(22)27/h3-5,7-9,24-25H,20H2,1-2H3,(H,21,27,30)/t7-,8-,9+,13-,14-/m0/s1. The number of aldehydes is 1. The van der Waals surface area contributed by atoms with Crippen LogP contribution in [0.4, 0.5) is 4.39 Å².